The van der Waals surface area contributed by atoms with Crippen LogP contribution in [0.5, 0.6) is 0 Å². The van der Waals surface area contributed by atoms with Crippen molar-refractivity contribution in [2.75, 3.05) is 26.2 Å². The number of nitrogens with zero attached hydrogens (tertiary/aromatic N) is 2. The van der Waals surface area contributed by atoms with E-state index >= 15 is 0 Å². The van der Waals surface area contributed by atoms with Crippen molar-refractivity contribution >= 4 is 29.8 Å². The van der Waals surface area contributed by atoms with E-state index in [1.807, 2.05) is 88.4 Å². The second-order valence-corrected chi connectivity index (χ2v) is 11.8. The average Bonchev–Trinajstić information content (AvgIpc) is 2.99. The minimum atomic E-state index is -0.891. The van der Waals surface area contributed by atoms with E-state index in [1.54, 1.807) is 0 Å². The highest BCUT2D eigenvalue weighted by molar-refractivity contribution is 5.95. The summed E-state index contributed by atoms with van der Waals surface area (Å²) in [6, 6.07) is 16.8. The molecule has 0 aliphatic carbocycles. The zero-order chi connectivity index (χ0) is 32.1. The van der Waals surface area contributed by atoms with E-state index in [-0.39, 0.29) is 62.8 Å². The number of benzene rings is 2. The molecule has 44 heavy (non-hydrogen) atoms. The van der Waals surface area contributed by atoms with E-state index < -0.39 is 30.2 Å². The lowest BCUT2D eigenvalue weighted by Crippen LogP contribution is -2.57. The standard InChI is InChI=1S/C33H44N4O7/c1-23(2)17-28(35-32(41)43-21-25-11-7-5-8-12-25)31(40)34-27-15-16-36(19-29(27)38)30(39)20-37(18-24(3)4)33(42)44-22-26-13-9-6-10-14-26/h5-14,23-24,27-28H,15-22H2,1-4H3,(H,34,40)(H,35,41)/t27?,28-/m0/s1. The normalized spacial score (nSPS) is 15.5. The fourth-order valence-electron chi connectivity index (χ4n) is 4.79. The number of alkyl carbamates (subject to hydrolysis) is 1. The molecule has 1 unspecified atom stereocenters. The minimum absolute atomic E-state index is 0.0625. The zero-order valence-electron chi connectivity index (χ0n) is 26.0. The SMILES string of the molecule is CC(C)C[C@H](NC(=O)OCc1ccccc1)C(=O)NC1CCN(C(=O)CN(CC(C)C)C(=O)OCc2ccccc2)CC1=O. The van der Waals surface area contributed by atoms with Gasteiger partial charge in [-0.15, -0.1) is 0 Å². The first-order valence-corrected chi connectivity index (χ1v) is 15.1. The maximum atomic E-state index is 13.1. The molecule has 0 spiro atoms. The third-order valence-electron chi connectivity index (χ3n) is 7.00. The van der Waals surface area contributed by atoms with Gasteiger partial charge in [0.1, 0.15) is 25.8 Å². The number of rotatable bonds is 13. The van der Waals surface area contributed by atoms with Gasteiger partial charge in [0.2, 0.25) is 11.8 Å². The molecule has 1 fully saturated rings. The van der Waals surface area contributed by atoms with E-state index in [4.69, 9.17) is 9.47 Å². The molecule has 3 rings (SSSR count). The molecular formula is C33H44N4O7. The van der Waals surface area contributed by atoms with Gasteiger partial charge in [0.05, 0.1) is 12.6 Å². The molecule has 238 valence electrons. The van der Waals surface area contributed by atoms with Gasteiger partial charge in [-0.05, 0) is 35.8 Å². The van der Waals surface area contributed by atoms with E-state index in [1.165, 1.54) is 9.80 Å². The number of likely N-dealkylation sites (tertiary alicyclic amines) is 1. The van der Waals surface area contributed by atoms with E-state index in [0.717, 1.165) is 11.1 Å². The molecule has 2 atom stereocenters. The second kappa shape index (κ2) is 17.0. The topological polar surface area (TPSA) is 134 Å². The predicted octanol–water partition coefficient (Wildman–Crippen LogP) is 3.91. The Kier molecular flexibility index (Phi) is 13.2. The fourth-order valence-corrected chi connectivity index (χ4v) is 4.79. The van der Waals surface area contributed by atoms with Crippen molar-refractivity contribution in [1.29, 1.82) is 0 Å². The van der Waals surface area contributed by atoms with Crippen LogP contribution in [0, 0.1) is 11.8 Å². The number of Topliss-reactive ketones (excluding diaryl/α,β-unsaturated/α-hetero) is 1. The molecule has 0 saturated carbocycles. The first-order valence-electron chi connectivity index (χ1n) is 15.1. The Morgan fingerprint density at radius 1 is 0.886 bits per heavy atom. The monoisotopic (exact) mass is 608 g/mol. The van der Waals surface area contributed by atoms with Gasteiger partial charge in [-0.3, -0.25) is 19.3 Å². The van der Waals surface area contributed by atoms with Gasteiger partial charge in [0, 0.05) is 13.1 Å². The van der Waals surface area contributed by atoms with Crippen molar-refractivity contribution in [3.8, 4) is 0 Å². The van der Waals surface area contributed by atoms with Gasteiger partial charge in [0.15, 0.2) is 5.78 Å². The summed E-state index contributed by atoms with van der Waals surface area (Å²) in [5, 5.41) is 5.37. The number of piperidine rings is 1. The minimum Gasteiger partial charge on any atom is -0.445 e. The largest absolute Gasteiger partial charge is 0.445 e. The van der Waals surface area contributed by atoms with Crippen LogP contribution in [0.15, 0.2) is 60.7 Å². The van der Waals surface area contributed by atoms with Crippen LogP contribution in [0.4, 0.5) is 9.59 Å². The van der Waals surface area contributed by atoms with Crippen LogP contribution in [0.25, 0.3) is 0 Å². The van der Waals surface area contributed by atoms with Crippen molar-refractivity contribution in [3.63, 3.8) is 0 Å². The molecule has 0 aromatic heterocycles. The molecule has 11 nitrogen and oxygen atoms in total. The van der Waals surface area contributed by atoms with Crippen molar-refractivity contribution in [3.05, 3.63) is 71.8 Å². The van der Waals surface area contributed by atoms with Crippen LogP contribution in [0.2, 0.25) is 0 Å². The van der Waals surface area contributed by atoms with Gasteiger partial charge >= 0.3 is 12.2 Å². The molecule has 0 bridgehead atoms. The van der Waals surface area contributed by atoms with Crippen molar-refractivity contribution in [2.45, 2.75) is 65.8 Å². The molecule has 4 amide bonds. The van der Waals surface area contributed by atoms with Gasteiger partial charge < -0.3 is 25.0 Å². The van der Waals surface area contributed by atoms with Crippen LogP contribution in [-0.2, 0) is 37.1 Å². The Balaban J connectivity index is 1.52. The van der Waals surface area contributed by atoms with E-state index in [2.05, 4.69) is 10.6 Å². The average molecular weight is 609 g/mol. The zero-order valence-corrected chi connectivity index (χ0v) is 26.0. The molecule has 2 N–H and O–H groups in total. The molecule has 2 aromatic carbocycles. The molecular weight excluding hydrogens is 564 g/mol. The summed E-state index contributed by atoms with van der Waals surface area (Å²) in [5.74, 6) is -1.00. The van der Waals surface area contributed by atoms with Crippen molar-refractivity contribution in [2.24, 2.45) is 11.8 Å². The Morgan fingerprint density at radius 3 is 2.02 bits per heavy atom. The first-order chi connectivity index (χ1) is 21.0. The smallest absolute Gasteiger partial charge is 0.410 e. The third-order valence-corrected chi connectivity index (χ3v) is 7.00. The van der Waals surface area contributed by atoms with E-state index in [0.29, 0.717) is 13.0 Å². The number of ketones is 1. The summed E-state index contributed by atoms with van der Waals surface area (Å²) < 4.78 is 10.7. The second-order valence-electron chi connectivity index (χ2n) is 11.8. The summed E-state index contributed by atoms with van der Waals surface area (Å²) >= 11 is 0. The third kappa shape index (κ3) is 11.3. The van der Waals surface area contributed by atoms with Gasteiger partial charge in [-0.25, -0.2) is 9.59 Å². The predicted molar refractivity (Wildman–Crippen MR) is 164 cm³/mol. The summed E-state index contributed by atoms with van der Waals surface area (Å²) in [6.45, 7) is 7.99. The lowest BCUT2D eigenvalue weighted by molar-refractivity contribution is -0.140. The molecule has 1 aliphatic rings. The van der Waals surface area contributed by atoms with Gasteiger partial charge in [-0.1, -0.05) is 88.4 Å². The molecule has 1 saturated heterocycles. The molecule has 1 aliphatic heterocycles. The highest BCUT2D eigenvalue weighted by Crippen LogP contribution is 2.13. The quantitative estimate of drug-likeness (QED) is 0.352. The summed E-state index contributed by atoms with van der Waals surface area (Å²) in [4.78, 5) is 67.3. The Labute approximate surface area is 259 Å². The lowest BCUT2D eigenvalue weighted by Gasteiger charge is -2.33. The number of ether oxygens (including phenoxy) is 2. The molecule has 11 heteroatoms. The van der Waals surface area contributed by atoms with Crippen LogP contribution in [-0.4, -0.2) is 77.8 Å². The number of carbonyl (C=O) groups is 5. The summed E-state index contributed by atoms with van der Waals surface area (Å²) in [5.41, 5.74) is 1.65. The maximum absolute atomic E-state index is 13.1. The van der Waals surface area contributed by atoms with Crippen molar-refractivity contribution in [1.82, 2.24) is 20.4 Å². The number of hydrogen-bond acceptors (Lipinski definition) is 7. The van der Waals surface area contributed by atoms with Crippen LogP contribution >= 0.6 is 0 Å². The molecule has 2 aromatic rings. The number of carbonyl (C=O) groups excluding carboxylic acids is 5. The van der Waals surface area contributed by atoms with Crippen LogP contribution < -0.4 is 10.6 Å². The summed E-state index contributed by atoms with van der Waals surface area (Å²) in [7, 11) is 0. The van der Waals surface area contributed by atoms with Gasteiger partial charge in [0.25, 0.3) is 0 Å². The maximum Gasteiger partial charge on any atom is 0.410 e. The highest BCUT2D eigenvalue weighted by atomic mass is 16.6. The lowest BCUT2D eigenvalue weighted by atomic mass is 10.00. The fraction of sp³-hybridized carbons (Fsp3) is 0.485. The molecule has 1 heterocycles. The molecule has 0 radical (unpaired) electrons. The summed E-state index contributed by atoms with van der Waals surface area (Å²) in [6.07, 6.45) is -0.764. The Hall–Kier alpha value is -4.41. The highest BCUT2D eigenvalue weighted by Gasteiger charge is 2.34. The Morgan fingerprint density at radius 2 is 1.48 bits per heavy atom. The van der Waals surface area contributed by atoms with Crippen LogP contribution in [0.1, 0.15) is 51.7 Å². The van der Waals surface area contributed by atoms with Crippen LogP contribution in [0.3, 0.4) is 0 Å². The Bertz CT molecular complexity index is 1250. The number of nitrogens with one attached hydrogen (secondary N) is 2. The van der Waals surface area contributed by atoms with Gasteiger partial charge in [-0.2, -0.15) is 0 Å². The van der Waals surface area contributed by atoms with Crippen molar-refractivity contribution < 1.29 is 33.4 Å². The first kappa shape index (κ1) is 34.1. The number of hydrogen-bond donors (Lipinski definition) is 2. The van der Waals surface area contributed by atoms with E-state index in [9.17, 15) is 24.0 Å². The number of amides is 4.